The van der Waals surface area contributed by atoms with Gasteiger partial charge in [0.05, 0.1) is 0 Å². The lowest BCUT2D eigenvalue weighted by atomic mass is 9.77. The molecule has 1 saturated heterocycles. The van der Waals surface area contributed by atoms with Crippen LogP contribution in [0.1, 0.15) is 45.4 Å². The van der Waals surface area contributed by atoms with E-state index >= 15 is 0 Å². The van der Waals surface area contributed by atoms with Crippen LogP contribution in [0.2, 0.25) is 0 Å². The van der Waals surface area contributed by atoms with Gasteiger partial charge in [0.15, 0.2) is 0 Å². The van der Waals surface area contributed by atoms with Crippen molar-refractivity contribution in [2.75, 3.05) is 5.75 Å². The van der Waals surface area contributed by atoms with Crippen LogP contribution in [0, 0.1) is 11.8 Å². The molecule has 1 aliphatic carbocycles. The van der Waals surface area contributed by atoms with Crippen molar-refractivity contribution in [2.45, 2.75) is 56.7 Å². The number of rotatable bonds is 3. The molecule has 2 rings (SSSR count). The number of nitrogens with one attached hydrogen (secondary N) is 1. The minimum absolute atomic E-state index is 0.570. The van der Waals surface area contributed by atoms with E-state index in [1.165, 1.54) is 44.3 Å². The molecule has 88 valence electrons. The standard InChI is InChI=1S/C12H24N2S/c1-9-4-2-5-10(8-9)12(14-13)11-6-3-7-15-11/h9-12,14H,2-8,13H2,1H3. The second kappa shape index (κ2) is 5.55. The predicted molar refractivity (Wildman–Crippen MR) is 67.7 cm³/mol. The second-order valence-corrected chi connectivity index (χ2v) is 6.62. The highest BCUT2D eigenvalue weighted by Crippen LogP contribution is 2.37. The zero-order valence-corrected chi connectivity index (χ0v) is 10.6. The summed E-state index contributed by atoms with van der Waals surface area (Å²) in [7, 11) is 0. The highest BCUT2D eigenvalue weighted by molar-refractivity contribution is 8.00. The van der Waals surface area contributed by atoms with Gasteiger partial charge in [-0.3, -0.25) is 11.3 Å². The SMILES string of the molecule is CC1CCCC(C(NN)C2CCCS2)C1. The van der Waals surface area contributed by atoms with E-state index in [2.05, 4.69) is 24.1 Å². The van der Waals surface area contributed by atoms with Crippen LogP contribution in [-0.4, -0.2) is 17.0 Å². The molecular formula is C12H24N2S. The Kier molecular flexibility index (Phi) is 4.35. The first-order valence-corrected chi connectivity index (χ1v) is 7.44. The molecule has 1 heterocycles. The highest BCUT2D eigenvalue weighted by Gasteiger charge is 2.33. The highest BCUT2D eigenvalue weighted by atomic mass is 32.2. The van der Waals surface area contributed by atoms with Gasteiger partial charge in [0.2, 0.25) is 0 Å². The van der Waals surface area contributed by atoms with E-state index in [0.29, 0.717) is 6.04 Å². The molecular weight excluding hydrogens is 204 g/mol. The normalized spacial score (nSPS) is 39.2. The van der Waals surface area contributed by atoms with Crippen LogP contribution in [-0.2, 0) is 0 Å². The van der Waals surface area contributed by atoms with E-state index in [0.717, 1.165) is 17.1 Å². The van der Waals surface area contributed by atoms with Gasteiger partial charge in [0.1, 0.15) is 0 Å². The van der Waals surface area contributed by atoms with Crippen LogP contribution in [0.4, 0.5) is 0 Å². The summed E-state index contributed by atoms with van der Waals surface area (Å²) in [4.78, 5) is 0. The van der Waals surface area contributed by atoms with E-state index in [-0.39, 0.29) is 0 Å². The Morgan fingerprint density at radius 3 is 2.73 bits per heavy atom. The summed E-state index contributed by atoms with van der Waals surface area (Å²) in [5.74, 6) is 8.84. The summed E-state index contributed by atoms with van der Waals surface area (Å²) in [5, 5.41) is 0.783. The van der Waals surface area contributed by atoms with Gasteiger partial charge in [-0.15, -0.1) is 0 Å². The van der Waals surface area contributed by atoms with Gasteiger partial charge in [-0.25, -0.2) is 0 Å². The van der Waals surface area contributed by atoms with E-state index in [9.17, 15) is 0 Å². The maximum Gasteiger partial charge on any atom is 0.0357 e. The average molecular weight is 228 g/mol. The second-order valence-electron chi connectivity index (χ2n) is 5.28. The van der Waals surface area contributed by atoms with Crippen LogP contribution in [0.5, 0.6) is 0 Å². The topological polar surface area (TPSA) is 38.0 Å². The van der Waals surface area contributed by atoms with E-state index < -0.39 is 0 Å². The minimum atomic E-state index is 0.570. The summed E-state index contributed by atoms with van der Waals surface area (Å²) in [6, 6.07) is 0.570. The fourth-order valence-electron chi connectivity index (χ4n) is 3.24. The molecule has 2 fully saturated rings. The molecule has 0 amide bonds. The van der Waals surface area contributed by atoms with Gasteiger partial charge in [-0.2, -0.15) is 11.8 Å². The third-order valence-electron chi connectivity index (χ3n) is 4.04. The Balaban J connectivity index is 1.92. The summed E-state index contributed by atoms with van der Waals surface area (Å²) < 4.78 is 0. The number of hydrogen-bond donors (Lipinski definition) is 2. The monoisotopic (exact) mass is 228 g/mol. The van der Waals surface area contributed by atoms with Gasteiger partial charge in [0, 0.05) is 11.3 Å². The van der Waals surface area contributed by atoms with Crippen molar-refractivity contribution in [3.63, 3.8) is 0 Å². The Bertz CT molecular complexity index is 192. The van der Waals surface area contributed by atoms with Gasteiger partial charge >= 0.3 is 0 Å². The Hall–Kier alpha value is 0.270. The van der Waals surface area contributed by atoms with Gasteiger partial charge in [-0.05, 0) is 43.3 Å². The molecule has 0 aromatic heterocycles. The van der Waals surface area contributed by atoms with Crippen LogP contribution < -0.4 is 11.3 Å². The van der Waals surface area contributed by atoms with Crippen LogP contribution in [0.15, 0.2) is 0 Å². The third-order valence-corrected chi connectivity index (χ3v) is 5.52. The lowest BCUT2D eigenvalue weighted by molar-refractivity contribution is 0.218. The van der Waals surface area contributed by atoms with Crippen molar-refractivity contribution in [3.8, 4) is 0 Å². The first-order valence-electron chi connectivity index (χ1n) is 6.39. The van der Waals surface area contributed by atoms with Gasteiger partial charge in [0.25, 0.3) is 0 Å². The fraction of sp³-hybridized carbons (Fsp3) is 1.00. The van der Waals surface area contributed by atoms with Gasteiger partial charge in [-0.1, -0.05) is 19.8 Å². The lowest BCUT2D eigenvalue weighted by Gasteiger charge is -2.35. The Labute approximate surface area is 97.7 Å². The molecule has 3 N–H and O–H groups in total. The zero-order chi connectivity index (χ0) is 10.7. The molecule has 0 radical (unpaired) electrons. The van der Waals surface area contributed by atoms with Crippen molar-refractivity contribution in [2.24, 2.45) is 17.7 Å². The van der Waals surface area contributed by atoms with Crippen LogP contribution in [0.25, 0.3) is 0 Å². The number of thioether (sulfide) groups is 1. The van der Waals surface area contributed by atoms with Crippen molar-refractivity contribution >= 4 is 11.8 Å². The lowest BCUT2D eigenvalue weighted by Crippen LogP contribution is -2.48. The molecule has 2 aliphatic rings. The van der Waals surface area contributed by atoms with Crippen molar-refractivity contribution < 1.29 is 0 Å². The minimum Gasteiger partial charge on any atom is -0.271 e. The molecule has 3 heteroatoms. The van der Waals surface area contributed by atoms with Crippen molar-refractivity contribution in [1.82, 2.24) is 5.43 Å². The van der Waals surface area contributed by atoms with E-state index in [1.807, 2.05) is 0 Å². The number of nitrogens with two attached hydrogens (primary N) is 1. The first-order chi connectivity index (χ1) is 7.31. The molecule has 4 atom stereocenters. The average Bonchev–Trinajstić information content (AvgIpc) is 2.72. The molecule has 1 aliphatic heterocycles. The molecule has 15 heavy (non-hydrogen) atoms. The maximum absolute atomic E-state index is 5.77. The smallest absolute Gasteiger partial charge is 0.0357 e. The van der Waals surface area contributed by atoms with E-state index in [4.69, 9.17) is 5.84 Å². The molecule has 1 saturated carbocycles. The molecule has 0 aromatic rings. The maximum atomic E-state index is 5.77. The number of hydrazine groups is 1. The molecule has 0 aromatic carbocycles. The Morgan fingerprint density at radius 1 is 1.27 bits per heavy atom. The first kappa shape index (κ1) is 11.7. The van der Waals surface area contributed by atoms with Crippen molar-refractivity contribution in [3.05, 3.63) is 0 Å². The molecule has 0 spiro atoms. The largest absolute Gasteiger partial charge is 0.271 e. The van der Waals surface area contributed by atoms with Crippen LogP contribution in [0.3, 0.4) is 0 Å². The fourth-order valence-corrected chi connectivity index (χ4v) is 4.72. The zero-order valence-electron chi connectivity index (χ0n) is 9.74. The predicted octanol–water partition coefficient (Wildman–Crippen LogP) is 2.54. The number of hydrogen-bond acceptors (Lipinski definition) is 3. The van der Waals surface area contributed by atoms with Gasteiger partial charge < -0.3 is 0 Å². The molecule has 2 nitrogen and oxygen atoms in total. The van der Waals surface area contributed by atoms with E-state index in [1.54, 1.807) is 0 Å². The van der Waals surface area contributed by atoms with Crippen molar-refractivity contribution in [1.29, 1.82) is 0 Å². The summed E-state index contributed by atoms with van der Waals surface area (Å²) >= 11 is 2.13. The third kappa shape index (κ3) is 2.89. The summed E-state index contributed by atoms with van der Waals surface area (Å²) in [6.45, 7) is 2.39. The quantitative estimate of drug-likeness (QED) is 0.576. The summed E-state index contributed by atoms with van der Waals surface area (Å²) in [5.41, 5.74) is 3.11. The summed E-state index contributed by atoms with van der Waals surface area (Å²) in [6.07, 6.45) is 8.34. The molecule has 0 bridgehead atoms. The molecule has 4 unspecified atom stereocenters. The van der Waals surface area contributed by atoms with Crippen LogP contribution >= 0.6 is 11.8 Å². The Morgan fingerprint density at radius 2 is 2.13 bits per heavy atom.